The molecule has 0 bridgehead atoms. The fourth-order valence-corrected chi connectivity index (χ4v) is 2.63. The number of ether oxygens (including phenoxy) is 1. The molecule has 2 heterocycles. The second kappa shape index (κ2) is 7.80. The first-order valence-electron chi connectivity index (χ1n) is 7.62. The summed E-state index contributed by atoms with van der Waals surface area (Å²) >= 11 is 0. The summed E-state index contributed by atoms with van der Waals surface area (Å²) in [7, 11) is 0. The van der Waals surface area contributed by atoms with Crippen LogP contribution in [-0.4, -0.2) is 67.0 Å². The van der Waals surface area contributed by atoms with Crippen molar-refractivity contribution >= 4 is 11.8 Å². The maximum Gasteiger partial charge on any atom is 0.266 e. The van der Waals surface area contributed by atoms with Crippen LogP contribution in [0.5, 0.6) is 0 Å². The fraction of sp³-hybridized carbons (Fsp3) is 0.667. The summed E-state index contributed by atoms with van der Waals surface area (Å²) in [5, 5.41) is 12.2. The van der Waals surface area contributed by atoms with Gasteiger partial charge in [-0.3, -0.25) is 9.59 Å². The summed E-state index contributed by atoms with van der Waals surface area (Å²) < 4.78 is 5.47. The van der Waals surface area contributed by atoms with E-state index in [1.165, 1.54) is 13.1 Å². The van der Waals surface area contributed by atoms with Gasteiger partial charge in [0.15, 0.2) is 0 Å². The van der Waals surface area contributed by atoms with Crippen molar-refractivity contribution in [2.24, 2.45) is 0 Å². The van der Waals surface area contributed by atoms with Gasteiger partial charge in [-0.15, -0.1) is 0 Å². The first kappa shape index (κ1) is 16.3. The maximum atomic E-state index is 12.3. The van der Waals surface area contributed by atoms with Crippen molar-refractivity contribution in [3.63, 3.8) is 0 Å². The number of piperazine rings is 1. The molecule has 2 rings (SSSR count). The van der Waals surface area contributed by atoms with Crippen LogP contribution in [0.4, 0.5) is 0 Å². The Morgan fingerprint density at radius 1 is 1.32 bits per heavy atom. The molecule has 2 aliphatic heterocycles. The molecule has 0 aliphatic carbocycles. The van der Waals surface area contributed by atoms with Crippen molar-refractivity contribution in [2.45, 2.75) is 25.9 Å². The molecule has 0 radical (unpaired) electrons. The van der Waals surface area contributed by atoms with Crippen LogP contribution in [0.25, 0.3) is 0 Å². The van der Waals surface area contributed by atoms with E-state index in [0.717, 1.165) is 19.4 Å². The monoisotopic (exact) mass is 306 g/mol. The summed E-state index contributed by atoms with van der Waals surface area (Å²) in [4.78, 5) is 26.9. The van der Waals surface area contributed by atoms with E-state index in [1.807, 2.05) is 6.07 Å². The lowest BCUT2D eigenvalue weighted by atomic mass is 10.2. The van der Waals surface area contributed by atoms with Gasteiger partial charge in [0.2, 0.25) is 5.91 Å². The van der Waals surface area contributed by atoms with Gasteiger partial charge in [-0.25, -0.2) is 0 Å². The summed E-state index contributed by atoms with van der Waals surface area (Å²) in [6.45, 7) is 4.86. The molecule has 1 atom stereocenters. The smallest absolute Gasteiger partial charge is 0.266 e. The normalized spacial score (nSPS) is 22.4. The van der Waals surface area contributed by atoms with Gasteiger partial charge in [0.1, 0.15) is 11.6 Å². The lowest BCUT2D eigenvalue weighted by molar-refractivity contribution is -0.136. The van der Waals surface area contributed by atoms with E-state index in [2.05, 4.69) is 5.32 Å². The van der Waals surface area contributed by atoms with Gasteiger partial charge in [-0.05, 0) is 12.8 Å². The molecule has 22 heavy (non-hydrogen) atoms. The molecule has 1 unspecified atom stereocenters. The highest BCUT2D eigenvalue weighted by molar-refractivity contribution is 5.97. The van der Waals surface area contributed by atoms with Crippen molar-refractivity contribution < 1.29 is 14.3 Å². The molecular weight excluding hydrogens is 284 g/mol. The Labute approximate surface area is 130 Å². The quantitative estimate of drug-likeness (QED) is 0.577. The van der Waals surface area contributed by atoms with Crippen molar-refractivity contribution in [3.8, 4) is 6.07 Å². The number of carbonyl (C=O) groups excluding carboxylic acids is 2. The minimum atomic E-state index is -0.287. The van der Waals surface area contributed by atoms with Crippen LogP contribution < -0.4 is 5.32 Å². The molecule has 0 aromatic carbocycles. The summed E-state index contributed by atoms with van der Waals surface area (Å²) in [6, 6.07) is 1.94. The Kier molecular flexibility index (Phi) is 5.78. The second-order valence-electron chi connectivity index (χ2n) is 5.51. The lowest BCUT2D eigenvalue weighted by Gasteiger charge is -2.34. The van der Waals surface area contributed by atoms with Crippen LogP contribution in [0, 0.1) is 11.3 Å². The third kappa shape index (κ3) is 4.21. The number of nitriles is 1. The Morgan fingerprint density at radius 3 is 2.55 bits per heavy atom. The van der Waals surface area contributed by atoms with Crippen molar-refractivity contribution in [3.05, 3.63) is 11.8 Å². The molecule has 0 saturated carbocycles. The molecule has 7 nitrogen and oxygen atoms in total. The average Bonchev–Trinajstić information content (AvgIpc) is 3.04. The molecule has 0 spiro atoms. The highest BCUT2D eigenvalue weighted by atomic mass is 16.5. The molecule has 2 saturated heterocycles. The zero-order chi connectivity index (χ0) is 15.9. The predicted octanol–water partition coefficient (Wildman–Crippen LogP) is -0.147. The minimum Gasteiger partial charge on any atom is -0.387 e. The molecule has 2 fully saturated rings. The van der Waals surface area contributed by atoms with Crippen molar-refractivity contribution in [1.29, 1.82) is 5.26 Å². The third-order valence-electron chi connectivity index (χ3n) is 3.98. The van der Waals surface area contributed by atoms with Crippen molar-refractivity contribution in [2.75, 3.05) is 39.3 Å². The first-order chi connectivity index (χ1) is 10.6. The maximum absolute atomic E-state index is 12.3. The first-order valence-corrected chi connectivity index (χ1v) is 7.62. The lowest BCUT2D eigenvalue weighted by Crippen LogP contribution is -2.50. The highest BCUT2D eigenvalue weighted by Crippen LogP contribution is 2.11. The van der Waals surface area contributed by atoms with Crippen LogP contribution in [-0.2, 0) is 14.3 Å². The Hall–Kier alpha value is -2.07. The van der Waals surface area contributed by atoms with Gasteiger partial charge in [0.05, 0.1) is 6.10 Å². The molecule has 2 aliphatic rings. The standard InChI is InChI=1S/C15H22N4O3/c1-12(20)18-4-6-19(7-5-18)15(21)13(9-16)10-17-11-14-3-2-8-22-14/h10,14,17H,2-8,11H2,1H3/b13-10-. The Balaban J connectivity index is 1.83. The van der Waals surface area contributed by atoms with E-state index in [1.54, 1.807) is 9.80 Å². The minimum absolute atomic E-state index is 0.0152. The van der Waals surface area contributed by atoms with Gasteiger partial charge in [0.25, 0.3) is 5.91 Å². The number of hydrogen-bond donors (Lipinski definition) is 1. The Bertz CT molecular complexity index is 484. The largest absolute Gasteiger partial charge is 0.387 e. The van der Waals surface area contributed by atoms with Gasteiger partial charge < -0.3 is 19.9 Å². The van der Waals surface area contributed by atoms with Crippen LogP contribution in [0.3, 0.4) is 0 Å². The summed E-state index contributed by atoms with van der Waals surface area (Å²) in [5.41, 5.74) is 0.0919. The average molecular weight is 306 g/mol. The van der Waals surface area contributed by atoms with Crippen LogP contribution in [0.2, 0.25) is 0 Å². The SMILES string of the molecule is CC(=O)N1CCN(C(=O)/C(C#N)=C\NCC2CCCO2)CC1. The summed E-state index contributed by atoms with van der Waals surface area (Å²) in [5.74, 6) is -0.271. The third-order valence-corrected chi connectivity index (χ3v) is 3.98. The van der Waals surface area contributed by atoms with Crippen LogP contribution in [0.1, 0.15) is 19.8 Å². The fourth-order valence-electron chi connectivity index (χ4n) is 2.63. The van der Waals surface area contributed by atoms with E-state index >= 15 is 0 Å². The van der Waals surface area contributed by atoms with E-state index < -0.39 is 0 Å². The number of amides is 2. The molecule has 7 heteroatoms. The van der Waals surface area contributed by atoms with E-state index in [0.29, 0.717) is 32.7 Å². The second-order valence-corrected chi connectivity index (χ2v) is 5.51. The number of carbonyl (C=O) groups is 2. The molecular formula is C15H22N4O3. The molecule has 1 N–H and O–H groups in total. The van der Waals surface area contributed by atoms with E-state index in [9.17, 15) is 9.59 Å². The van der Waals surface area contributed by atoms with Gasteiger partial charge in [-0.1, -0.05) is 0 Å². The zero-order valence-corrected chi connectivity index (χ0v) is 12.9. The molecule has 120 valence electrons. The number of hydrogen-bond acceptors (Lipinski definition) is 5. The number of nitrogens with zero attached hydrogens (tertiary/aromatic N) is 3. The van der Waals surface area contributed by atoms with Crippen LogP contribution >= 0.6 is 0 Å². The zero-order valence-electron chi connectivity index (χ0n) is 12.9. The van der Waals surface area contributed by atoms with Crippen LogP contribution in [0.15, 0.2) is 11.8 Å². The predicted molar refractivity (Wildman–Crippen MR) is 79.5 cm³/mol. The van der Waals surface area contributed by atoms with E-state index in [-0.39, 0.29) is 23.5 Å². The van der Waals surface area contributed by atoms with Crippen molar-refractivity contribution in [1.82, 2.24) is 15.1 Å². The summed E-state index contributed by atoms with van der Waals surface area (Å²) in [6.07, 6.45) is 3.69. The molecule has 0 aromatic heterocycles. The van der Waals surface area contributed by atoms with Gasteiger partial charge >= 0.3 is 0 Å². The Morgan fingerprint density at radius 2 is 2.00 bits per heavy atom. The molecule has 0 aromatic rings. The van der Waals surface area contributed by atoms with E-state index in [4.69, 9.17) is 10.00 Å². The van der Waals surface area contributed by atoms with Gasteiger partial charge in [0, 0.05) is 52.5 Å². The topological polar surface area (TPSA) is 85.7 Å². The number of rotatable bonds is 4. The number of nitrogens with one attached hydrogen (secondary N) is 1. The highest BCUT2D eigenvalue weighted by Gasteiger charge is 2.24. The van der Waals surface area contributed by atoms with Gasteiger partial charge in [-0.2, -0.15) is 5.26 Å². The molecule has 2 amide bonds.